The molecule has 13 rings (SSSR count). The van der Waals surface area contributed by atoms with Gasteiger partial charge in [0.2, 0.25) is 0 Å². The number of nitrogens with zero attached hydrogens (tertiary/aromatic N) is 1. The van der Waals surface area contributed by atoms with Crippen molar-refractivity contribution < 1.29 is 0 Å². The van der Waals surface area contributed by atoms with Crippen LogP contribution in [0.3, 0.4) is 0 Å². The van der Waals surface area contributed by atoms with Gasteiger partial charge in [0.25, 0.3) is 0 Å². The minimum Gasteiger partial charge on any atom is -0.366 e. The van der Waals surface area contributed by atoms with Crippen LogP contribution >= 0.6 is 0 Å². The molecule has 1 aliphatic heterocycles. The Kier molecular flexibility index (Phi) is 8.12. The lowest BCUT2D eigenvalue weighted by Gasteiger charge is -2.34. The van der Waals surface area contributed by atoms with Crippen molar-refractivity contribution in [2.75, 3.05) is 0 Å². The second-order valence-corrected chi connectivity index (χ2v) is 16.9. The number of hydrogen-bond donors (Lipinski definition) is 2. The first kappa shape index (κ1) is 35.7. The van der Waals surface area contributed by atoms with Crippen molar-refractivity contribution >= 4 is 81.4 Å². The molecular weight excluding hydrogens is 763 g/mol. The van der Waals surface area contributed by atoms with Crippen LogP contribution in [-0.2, 0) is 0 Å². The maximum absolute atomic E-state index is 4.02. The molecule has 0 saturated carbocycles. The van der Waals surface area contributed by atoms with Gasteiger partial charge in [-0.15, -0.1) is 0 Å². The Morgan fingerprint density at radius 2 is 1.00 bits per heavy atom. The maximum Gasteiger partial charge on any atom is 0.104 e. The van der Waals surface area contributed by atoms with Crippen LogP contribution in [-0.4, -0.2) is 4.57 Å². The Hall–Kier alpha value is -7.98. The molecule has 11 aromatic carbocycles. The molecule has 2 N–H and O–H groups in total. The molecule has 63 heavy (non-hydrogen) atoms. The Labute approximate surface area is 365 Å². The zero-order chi connectivity index (χ0) is 41.4. The lowest BCUT2D eigenvalue weighted by Crippen LogP contribution is -2.39. The van der Waals surface area contributed by atoms with E-state index >= 15 is 0 Å². The summed E-state index contributed by atoms with van der Waals surface area (Å²) in [5, 5.41) is 23.1. The molecule has 3 heteroatoms. The summed E-state index contributed by atoms with van der Waals surface area (Å²) in [5.41, 5.74) is 10.8. The van der Waals surface area contributed by atoms with Gasteiger partial charge >= 0.3 is 0 Å². The first-order chi connectivity index (χ1) is 31.3. The molecular formula is C60H41N3. The molecule has 1 aromatic heterocycles. The van der Waals surface area contributed by atoms with Gasteiger partial charge in [-0.1, -0.05) is 194 Å². The summed E-state index contributed by atoms with van der Waals surface area (Å²) in [7, 11) is 0. The molecule has 0 amide bonds. The van der Waals surface area contributed by atoms with Gasteiger partial charge in [0, 0.05) is 38.5 Å². The largest absolute Gasteiger partial charge is 0.366 e. The van der Waals surface area contributed by atoms with E-state index in [1.54, 1.807) is 0 Å². The molecule has 2 unspecified atom stereocenters. The predicted molar refractivity (Wildman–Crippen MR) is 266 cm³/mol. The van der Waals surface area contributed by atoms with E-state index in [1.807, 2.05) is 0 Å². The lowest BCUT2D eigenvalue weighted by atomic mass is 9.88. The number of nitrogens with one attached hydrogen (secondary N) is 2. The molecule has 0 aliphatic carbocycles. The van der Waals surface area contributed by atoms with Gasteiger partial charge in [-0.05, 0) is 95.7 Å². The Morgan fingerprint density at radius 3 is 1.79 bits per heavy atom. The monoisotopic (exact) mass is 803 g/mol. The number of rotatable bonds is 5. The average Bonchev–Trinajstić information content (AvgIpc) is 3.71. The Morgan fingerprint density at radius 1 is 0.397 bits per heavy atom. The zero-order valence-corrected chi connectivity index (χ0v) is 34.5. The number of benzene rings is 11. The van der Waals surface area contributed by atoms with Crippen LogP contribution < -0.4 is 10.6 Å². The third-order valence-corrected chi connectivity index (χ3v) is 13.4. The summed E-state index contributed by atoms with van der Waals surface area (Å²) in [6.45, 7) is 0. The van der Waals surface area contributed by atoms with Gasteiger partial charge in [0.15, 0.2) is 0 Å². The Bertz CT molecular complexity index is 3790. The first-order valence-electron chi connectivity index (χ1n) is 21.9. The standard InChI is InChI=1S/C60H41N3/c1-2-20-42(21-3-1)63-56-31-13-12-28-51(56)58-57-49-26-10-8-24-45(49)52(36-53(57)46-25-9-11-27-50(46)59(58)63)40-32-34-41(35-33-40)60-61-54(47-29-14-18-38-16-4-6-22-43(38)47)37-55(62-60)48-30-15-19-39-17-5-7-23-44(39)48/h1-37,54,60-62H. The lowest BCUT2D eigenvalue weighted by molar-refractivity contribution is 0.444. The van der Waals surface area contributed by atoms with Crippen molar-refractivity contribution in [3.8, 4) is 16.8 Å². The van der Waals surface area contributed by atoms with Crippen LogP contribution in [0.2, 0.25) is 0 Å². The van der Waals surface area contributed by atoms with E-state index in [9.17, 15) is 0 Å². The summed E-state index contributed by atoms with van der Waals surface area (Å²) in [4.78, 5) is 0. The fraction of sp³-hybridized carbons (Fsp3) is 0.0333. The highest BCUT2D eigenvalue weighted by atomic mass is 15.2. The van der Waals surface area contributed by atoms with E-state index in [4.69, 9.17) is 0 Å². The summed E-state index contributed by atoms with van der Waals surface area (Å²) in [6, 6.07) is 80.0. The summed E-state index contributed by atoms with van der Waals surface area (Å²) >= 11 is 0. The van der Waals surface area contributed by atoms with Gasteiger partial charge < -0.3 is 9.88 Å². The van der Waals surface area contributed by atoms with Crippen LogP contribution in [0, 0.1) is 0 Å². The van der Waals surface area contributed by atoms with Crippen LogP contribution in [0.25, 0.3) is 98.2 Å². The molecule has 0 fully saturated rings. The van der Waals surface area contributed by atoms with Crippen molar-refractivity contribution in [2.45, 2.75) is 12.2 Å². The summed E-state index contributed by atoms with van der Waals surface area (Å²) < 4.78 is 2.47. The van der Waals surface area contributed by atoms with Crippen molar-refractivity contribution in [3.05, 3.63) is 241 Å². The van der Waals surface area contributed by atoms with Crippen LogP contribution in [0.5, 0.6) is 0 Å². The molecule has 0 saturated heterocycles. The Balaban J connectivity index is 0.978. The van der Waals surface area contributed by atoms with Gasteiger partial charge in [-0.25, -0.2) is 0 Å². The van der Waals surface area contributed by atoms with E-state index in [1.165, 1.54) is 109 Å². The van der Waals surface area contributed by atoms with Gasteiger partial charge in [0.05, 0.1) is 17.1 Å². The van der Waals surface area contributed by atoms with Crippen molar-refractivity contribution in [3.63, 3.8) is 0 Å². The maximum atomic E-state index is 4.02. The first-order valence-corrected chi connectivity index (χ1v) is 21.9. The van der Waals surface area contributed by atoms with E-state index < -0.39 is 0 Å². The van der Waals surface area contributed by atoms with E-state index in [0.717, 1.165) is 5.70 Å². The predicted octanol–water partition coefficient (Wildman–Crippen LogP) is 15.2. The topological polar surface area (TPSA) is 29.0 Å². The average molecular weight is 804 g/mol. The van der Waals surface area contributed by atoms with Gasteiger partial charge in [-0.2, -0.15) is 0 Å². The molecule has 0 radical (unpaired) electrons. The summed E-state index contributed by atoms with van der Waals surface area (Å²) in [5.74, 6) is 0. The van der Waals surface area contributed by atoms with Crippen LogP contribution in [0.4, 0.5) is 0 Å². The fourth-order valence-corrected chi connectivity index (χ4v) is 10.6. The van der Waals surface area contributed by atoms with Crippen molar-refractivity contribution in [1.82, 2.24) is 15.2 Å². The highest BCUT2D eigenvalue weighted by Gasteiger charge is 2.27. The molecule has 296 valence electrons. The second kappa shape index (κ2) is 14.3. The van der Waals surface area contributed by atoms with Crippen LogP contribution in [0.15, 0.2) is 224 Å². The number of para-hydroxylation sites is 2. The normalized spacial score (nSPS) is 15.5. The van der Waals surface area contributed by atoms with Gasteiger partial charge in [-0.3, -0.25) is 5.32 Å². The molecule has 1 aliphatic rings. The van der Waals surface area contributed by atoms with E-state index in [2.05, 4.69) is 240 Å². The third kappa shape index (κ3) is 5.64. The molecule has 2 heterocycles. The third-order valence-electron chi connectivity index (χ3n) is 13.4. The fourth-order valence-electron chi connectivity index (χ4n) is 10.6. The SMILES string of the molecule is C1=C(c2cccc3ccccc23)NC(c2ccc(-c3cc4c5ccccc5c5c(c6ccccc6n5-c5ccccc5)c4c4ccccc34)cc2)NC1c1cccc2ccccc12. The number of fused-ring (bicyclic) bond motifs is 12. The minimum atomic E-state index is -0.130. The molecule has 0 bridgehead atoms. The number of hydrogen-bond acceptors (Lipinski definition) is 2. The van der Waals surface area contributed by atoms with E-state index in [0.29, 0.717) is 0 Å². The molecule has 12 aromatic rings. The molecule has 2 atom stereocenters. The quantitative estimate of drug-likeness (QED) is 0.170. The van der Waals surface area contributed by atoms with Gasteiger partial charge in [0.1, 0.15) is 6.17 Å². The summed E-state index contributed by atoms with van der Waals surface area (Å²) in [6.07, 6.45) is 2.24. The number of aromatic nitrogens is 1. The van der Waals surface area contributed by atoms with Crippen molar-refractivity contribution in [2.24, 2.45) is 0 Å². The zero-order valence-electron chi connectivity index (χ0n) is 34.5. The highest BCUT2D eigenvalue weighted by Crippen LogP contribution is 2.47. The van der Waals surface area contributed by atoms with Crippen LogP contribution in [0.1, 0.15) is 28.9 Å². The molecule has 0 spiro atoms. The van der Waals surface area contributed by atoms with E-state index in [-0.39, 0.29) is 12.2 Å². The highest BCUT2D eigenvalue weighted by molar-refractivity contribution is 6.38. The smallest absolute Gasteiger partial charge is 0.104 e. The second-order valence-electron chi connectivity index (χ2n) is 16.9. The minimum absolute atomic E-state index is 0.0154. The molecule has 3 nitrogen and oxygen atoms in total. The van der Waals surface area contributed by atoms with Crippen molar-refractivity contribution in [1.29, 1.82) is 0 Å².